The molecule has 3 rings (SSSR count). The topological polar surface area (TPSA) is 53.6 Å². The van der Waals surface area contributed by atoms with Crippen molar-refractivity contribution in [1.29, 1.82) is 0 Å². The normalized spacial score (nSPS) is 16.9. The van der Waals surface area contributed by atoms with E-state index < -0.39 is 0 Å². The minimum absolute atomic E-state index is 0. The summed E-state index contributed by atoms with van der Waals surface area (Å²) in [6, 6.07) is 15.9. The van der Waals surface area contributed by atoms with E-state index in [9.17, 15) is 4.79 Å². The second kappa shape index (κ2) is 11.3. The van der Waals surface area contributed by atoms with Gasteiger partial charge in [-0.25, -0.2) is 0 Å². The third kappa shape index (κ3) is 5.85. The van der Waals surface area contributed by atoms with E-state index in [2.05, 4.69) is 21.6 Å². The highest BCUT2D eigenvalue weighted by molar-refractivity contribution is 6.31. The number of hydrogen-bond donors (Lipinski definition) is 2. The molecule has 0 aromatic heterocycles. The minimum atomic E-state index is 0. The number of benzene rings is 2. The Morgan fingerprint density at radius 2 is 2.00 bits per heavy atom. The Labute approximate surface area is 177 Å². The molecule has 2 aromatic rings. The van der Waals surface area contributed by atoms with Crippen molar-refractivity contribution in [3.05, 3.63) is 64.7 Å². The van der Waals surface area contributed by atoms with Crippen LogP contribution in [0.4, 0.5) is 0 Å². The van der Waals surface area contributed by atoms with Crippen LogP contribution in [0.2, 0.25) is 5.02 Å². The summed E-state index contributed by atoms with van der Waals surface area (Å²) in [5.41, 5.74) is 2.09. The fraction of sp³-hybridized carbons (Fsp3) is 0.381. The summed E-state index contributed by atoms with van der Waals surface area (Å²) in [7, 11) is 1.70. The molecule has 1 aliphatic heterocycles. The first-order valence-corrected chi connectivity index (χ1v) is 9.64. The van der Waals surface area contributed by atoms with E-state index in [1.165, 1.54) is 0 Å². The van der Waals surface area contributed by atoms with Gasteiger partial charge in [0.15, 0.2) is 0 Å². The van der Waals surface area contributed by atoms with Crippen molar-refractivity contribution in [2.24, 2.45) is 0 Å². The number of para-hydroxylation sites is 1. The van der Waals surface area contributed by atoms with Crippen molar-refractivity contribution in [2.45, 2.75) is 19.0 Å². The van der Waals surface area contributed by atoms with Gasteiger partial charge in [0.25, 0.3) is 0 Å². The third-order valence-corrected chi connectivity index (χ3v) is 5.28. The fourth-order valence-corrected chi connectivity index (χ4v) is 3.63. The molecule has 0 spiro atoms. The molecule has 152 valence electrons. The lowest BCUT2D eigenvalue weighted by molar-refractivity contribution is -0.121. The Morgan fingerprint density at radius 3 is 2.79 bits per heavy atom. The van der Waals surface area contributed by atoms with E-state index in [1.54, 1.807) is 7.11 Å². The van der Waals surface area contributed by atoms with Crippen LogP contribution in [0.1, 0.15) is 23.6 Å². The number of halogens is 2. The number of nitrogens with one attached hydrogen (secondary N) is 2. The number of carbonyl (C=O) groups is 1. The predicted molar refractivity (Wildman–Crippen MR) is 115 cm³/mol. The van der Waals surface area contributed by atoms with Crippen molar-refractivity contribution >= 4 is 29.9 Å². The van der Waals surface area contributed by atoms with Crippen LogP contribution in [0, 0.1) is 0 Å². The van der Waals surface area contributed by atoms with E-state index in [-0.39, 0.29) is 24.4 Å². The van der Waals surface area contributed by atoms with Crippen molar-refractivity contribution < 1.29 is 9.53 Å². The highest BCUT2D eigenvalue weighted by Crippen LogP contribution is 2.30. The quantitative estimate of drug-likeness (QED) is 0.715. The maximum atomic E-state index is 12.3. The molecule has 1 amide bonds. The highest BCUT2D eigenvalue weighted by atomic mass is 35.5. The number of piperazine rings is 1. The molecule has 28 heavy (non-hydrogen) atoms. The van der Waals surface area contributed by atoms with Gasteiger partial charge in [0.05, 0.1) is 13.2 Å². The molecule has 2 aromatic carbocycles. The molecule has 0 saturated carbocycles. The molecule has 2 N–H and O–H groups in total. The van der Waals surface area contributed by atoms with Gasteiger partial charge in [-0.15, -0.1) is 12.4 Å². The van der Waals surface area contributed by atoms with E-state index >= 15 is 0 Å². The van der Waals surface area contributed by atoms with Crippen molar-refractivity contribution in [1.82, 2.24) is 15.5 Å². The molecule has 1 aliphatic rings. The molecule has 1 heterocycles. The monoisotopic (exact) mass is 423 g/mol. The number of nitrogens with zero attached hydrogens (tertiary/aromatic N) is 1. The average molecular weight is 424 g/mol. The molecule has 0 radical (unpaired) electrons. The van der Waals surface area contributed by atoms with E-state index in [1.807, 2.05) is 42.5 Å². The first-order valence-electron chi connectivity index (χ1n) is 9.27. The Hall–Kier alpha value is -1.79. The highest BCUT2D eigenvalue weighted by Gasteiger charge is 2.26. The summed E-state index contributed by atoms with van der Waals surface area (Å²) in [5.74, 6) is 0.923. The van der Waals surface area contributed by atoms with Gasteiger partial charge in [-0.2, -0.15) is 0 Å². The zero-order valence-corrected chi connectivity index (χ0v) is 17.6. The smallest absolute Gasteiger partial charge is 0.221 e. The van der Waals surface area contributed by atoms with E-state index in [0.717, 1.165) is 36.5 Å². The molecule has 0 bridgehead atoms. The second-order valence-corrected chi connectivity index (χ2v) is 7.02. The molecule has 0 aliphatic carbocycles. The number of rotatable bonds is 7. The third-order valence-electron chi connectivity index (χ3n) is 4.91. The van der Waals surface area contributed by atoms with Gasteiger partial charge >= 0.3 is 0 Å². The van der Waals surface area contributed by atoms with E-state index in [4.69, 9.17) is 16.3 Å². The first kappa shape index (κ1) is 22.5. The zero-order chi connectivity index (χ0) is 19.1. The van der Waals surface area contributed by atoms with Gasteiger partial charge in [0, 0.05) is 49.7 Å². The summed E-state index contributed by atoms with van der Waals surface area (Å²) in [4.78, 5) is 14.7. The van der Waals surface area contributed by atoms with Gasteiger partial charge < -0.3 is 15.4 Å². The Bertz CT molecular complexity index is 773. The number of amides is 1. The summed E-state index contributed by atoms with van der Waals surface area (Å²) in [5, 5.41) is 7.09. The standard InChI is InChI=1S/C21H26ClN3O2.ClH/c1-27-20-9-5-3-7-17(20)19-15-23-11-13-25(19)12-10-21(26)24-14-16-6-2-4-8-18(16)22;/h2-9,19,23H,10-15H2,1H3,(H,24,26);1H. The number of hydrogen-bond acceptors (Lipinski definition) is 4. The van der Waals surface area contributed by atoms with Crippen LogP contribution in [0.3, 0.4) is 0 Å². The molecular formula is C21H27Cl2N3O2. The number of methoxy groups -OCH3 is 1. The van der Waals surface area contributed by atoms with Crippen LogP contribution in [0.25, 0.3) is 0 Å². The lowest BCUT2D eigenvalue weighted by Gasteiger charge is -2.37. The van der Waals surface area contributed by atoms with E-state index in [0.29, 0.717) is 24.5 Å². The Kier molecular flexibility index (Phi) is 9.06. The first-order chi connectivity index (χ1) is 13.2. The SMILES string of the molecule is COc1ccccc1C1CNCCN1CCC(=O)NCc1ccccc1Cl.Cl. The lowest BCUT2D eigenvalue weighted by Crippen LogP contribution is -2.47. The summed E-state index contributed by atoms with van der Waals surface area (Å²) < 4.78 is 5.53. The largest absolute Gasteiger partial charge is 0.496 e. The van der Waals surface area contributed by atoms with Crippen molar-refractivity contribution in [3.63, 3.8) is 0 Å². The van der Waals surface area contributed by atoms with Crippen LogP contribution in [-0.2, 0) is 11.3 Å². The van der Waals surface area contributed by atoms with Gasteiger partial charge in [-0.1, -0.05) is 48.0 Å². The molecule has 5 nitrogen and oxygen atoms in total. The van der Waals surface area contributed by atoms with Gasteiger partial charge in [0.1, 0.15) is 5.75 Å². The number of ether oxygens (including phenoxy) is 1. The van der Waals surface area contributed by atoms with Crippen molar-refractivity contribution in [3.8, 4) is 5.75 Å². The van der Waals surface area contributed by atoms with Crippen LogP contribution in [-0.4, -0.2) is 44.1 Å². The van der Waals surface area contributed by atoms with Crippen LogP contribution >= 0.6 is 24.0 Å². The van der Waals surface area contributed by atoms with Gasteiger partial charge in [-0.05, 0) is 17.7 Å². The second-order valence-electron chi connectivity index (χ2n) is 6.62. The Balaban J connectivity index is 0.00000280. The zero-order valence-electron chi connectivity index (χ0n) is 16.0. The Morgan fingerprint density at radius 1 is 1.25 bits per heavy atom. The maximum Gasteiger partial charge on any atom is 0.221 e. The maximum absolute atomic E-state index is 12.3. The van der Waals surface area contributed by atoms with Crippen LogP contribution in [0.5, 0.6) is 5.75 Å². The van der Waals surface area contributed by atoms with Crippen molar-refractivity contribution in [2.75, 3.05) is 33.3 Å². The fourth-order valence-electron chi connectivity index (χ4n) is 3.43. The van der Waals surface area contributed by atoms with Crippen LogP contribution < -0.4 is 15.4 Å². The van der Waals surface area contributed by atoms with Gasteiger partial charge in [0.2, 0.25) is 5.91 Å². The summed E-state index contributed by atoms with van der Waals surface area (Å²) in [6.45, 7) is 3.84. The van der Waals surface area contributed by atoms with Gasteiger partial charge in [-0.3, -0.25) is 9.69 Å². The molecule has 1 fully saturated rings. The molecule has 1 unspecified atom stereocenters. The minimum Gasteiger partial charge on any atom is -0.496 e. The lowest BCUT2D eigenvalue weighted by atomic mass is 10.0. The summed E-state index contributed by atoms with van der Waals surface area (Å²) >= 11 is 6.14. The number of carbonyl (C=O) groups excluding carboxylic acids is 1. The summed E-state index contributed by atoms with van der Waals surface area (Å²) in [6.07, 6.45) is 0.454. The molecular weight excluding hydrogens is 397 g/mol. The average Bonchev–Trinajstić information content (AvgIpc) is 2.72. The molecule has 1 saturated heterocycles. The van der Waals surface area contributed by atoms with Crippen LogP contribution in [0.15, 0.2) is 48.5 Å². The molecule has 1 atom stereocenters. The molecule has 7 heteroatoms. The predicted octanol–water partition coefficient (Wildman–Crippen LogP) is 3.42.